The van der Waals surface area contributed by atoms with E-state index in [0.29, 0.717) is 18.8 Å². The van der Waals surface area contributed by atoms with Gasteiger partial charge in [-0.3, -0.25) is 9.59 Å². The van der Waals surface area contributed by atoms with Crippen LogP contribution in [0.3, 0.4) is 0 Å². The number of nitrogens with one attached hydrogen (secondary N) is 2. The first-order chi connectivity index (χ1) is 13.3. The van der Waals surface area contributed by atoms with E-state index in [-0.39, 0.29) is 28.3 Å². The van der Waals surface area contributed by atoms with E-state index in [2.05, 4.69) is 10.6 Å². The summed E-state index contributed by atoms with van der Waals surface area (Å²) in [4.78, 5) is 24.3. The van der Waals surface area contributed by atoms with Crippen LogP contribution < -0.4 is 10.6 Å². The van der Waals surface area contributed by atoms with Crippen LogP contribution in [-0.2, 0) is 19.6 Å². The molecular weight excluding hydrogens is 402 g/mol. The zero-order valence-electron chi connectivity index (χ0n) is 16.3. The van der Waals surface area contributed by atoms with Gasteiger partial charge < -0.3 is 10.6 Å². The smallest absolute Gasteiger partial charge is 0.244 e. The Balaban J connectivity index is 2.02. The van der Waals surface area contributed by atoms with Gasteiger partial charge >= 0.3 is 0 Å². The Kier molecular flexibility index (Phi) is 8.27. The van der Waals surface area contributed by atoms with Crippen molar-refractivity contribution in [2.45, 2.75) is 50.8 Å². The van der Waals surface area contributed by atoms with Crippen molar-refractivity contribution in [3.63, 3.8) is 0 Å². The van der Waals surface area contributed by atoms with E-state index in [1.54, 1.807) is 13.8 Å². The minimum atomic E-state index is -3.75. The Hall–Kier alpha value is -1.64. The molecule has 0 atom stereocenters. The monoisotopic (exact) mass is 429 g/mol. The fourth-order valence-corrected chi connectivity index (χ4v) is 5.32. The van der Waals surface area contributed by atoms with Gasteiger partial charge in [0.05, 0.1) is 11.6 Å². The van der Waals surface area contributed by atoms with Crippen LogP contribution in [-0.4, -0.2) is 44.2 Å². The van der Waals surface area contributed by atoms with Gasteiger partial charge in [0, 0.05) is 24.7 Å². The third-order valence-corrected chi connectivity index (χ3v) is 7.47. The number of sulfonamides is 1. The molecule has 0 bridgehead atoms. The average Bonchev–Trinajstić information content (AvgIpc) is 2.69. The van der Waals surface area contributed by atoms with E-state index in [9.17, 15) is 18.0 Å². The molecule has 0 aromatic heterocycles. The quantitative estimate of drug-likeness (QED) is 0.663. The van der Waals surface area contributed by atoms with Gasteiger partial charge in [-0.2, -0.15) is 4.31 Å². The molecule has 28 heavy (non-hydrogen) atoms. The number of rotatable bonds is 8. The zero-order chi connectivity index (χ0) is 20.7. The molecule has 2 N–H and O–H groups in total. The van der Waals surface area contributed by atoms with E-state index < -0.39 is 15.9 Å². The minimum absolute atomic E-state index is 0.0251. The summed E-state index contributed by atoms with van der Waals surface area (Å²) in [6.07, 6.45) is 4.95. The summed E-state index contributed by atoms with van der Waals surface area (Å²) in [7, 11) is -3.75. The lowest BCUT2D eigenvalue weighted by Gasteiger charge is -2.21. The molecule has 0 radical (unpaired) electrons. The van der Waals surface area contributed by atoms with Crippen molar-refractivity contribution >= 4 is 39.1 Å². The molecule has 156 valence electrons. The Morgan fingerprint density at radius 3 is 2.39 bits per heavy atom. The number of hydrogen-bond acceptors (Lipinski definition) is 4. The summed E-state index contributed by atoms with van der Waals surface area (Å²) in [5.41, 5.74) is 0.312. The molecular formula is C19H28ClN3O4S. The lowest BCUT2D eigenvalue weighted by atomic mass is 9.89. The van der Waals surface area contributed by atoms with Crippen LogP contribution in [0.25, 0.3) is 0 Å². The lowest BCUT2D eigenvalue weighted by Crippen LogP contribution is -2.37. The number of hydrogen-bond donors (Lipinski definition) is 2. The number of nitrogens with zero attached hydrogens (tertiary/aromatic N) is 1. The van der Waals surface area contributed by atoms with Gasteiger partial charge in [-0.05, 0) is 31.0 Å². The fraction of sp³-hybridized carbons (Fsp3) is 0.579. The highest BCUT2D eigenvalue weighted by molar-refractivity contribution is 7.89. The summed E-state index contributed by atoms with van der Waals surface area (Å²) >= 11 is 6.09. The first kappa shape index (κ1) is 22.6. The SMILES string of the molecule is CCN(CC)S(=O)(=O)c1cc(NC(=O)CNC(=O)C2CCCCC2)ccc1Cl. The van der Waals surface area contributed by atoms with Crippen LogP contribution in [0.4, 0.5) is 5.69 Å². The molecule has 1 fully saturated rings. The van der Waals surface area contributed by atoms with Crippen molar-refractivity contribution in [3.8, 4) is 0 Å². The van der Waals surface area contributed by atoms with Gasteiger partial charge in [-0.25, -0.2) is 8.42 Å². The van der Waals surface area contributed by atoms with Gasteiger partial charge in [0.1, 0.15) is 4.90 Å². The molecule has 2 rings (SSSR count). The third-order valence-electron chi connectivity index (χ3n) is 4.94. The Morgan fingerprint density at radius 2 is 1.79 bits per heavy atom. The molecule has 0 heterocycles. The summed E-state index contributed by atoms with van der Waals surface area (Å²) in [5, 5.41) is 5.37. The van der Waals surface area contributed by atoms with E-state index in [0.717, 1.165) is 32.1 Å². The fourth-order valence-electron chi connectivity index (χ4n) is 3.36. The molecule has 0 unspecified atom stereocenters. The largest absolute Gasteiger partial charge is 0.347 e. The number of amides is 2. The summed E-state index contributed by atoms with van der Waals surface area (Å²) in [6.45, 7) is 3.97. The number of halogens is 1. The van der Waals surface area contributed by atoms with Crippen molar-refractivity contribution in [1.29, 1.82) is 0 Å². The molecule has 1 aliphatic carbocycles. The van der Waals surface area contributed by atoms with E-state index >= 15 is 0 Å². The van der Waals surface area contributed by atoms with E-state index in [1.807, 2.05) is 0 Å². The highest BCUT2D eigenvalue weighted by Crippen LogP contribution is 2.28. The normalized spacial score (nSPS) is 15.4. The first-order valence-electron chi connectivity index (χ1n) is 9.66. The summed E-state index contributed by atoms with van der Waals surface area (Å²) in [6, 6.07) is 4.31. The predicted molar refractivity (Wildman–Crippen MR) is 110 cm³/mol. The lowest BCUT2D eigenvalue weighted by molar-refractivity contribution is -0.128. The number of anilines is 1. The molecule has 7 nitrogen and oxygen atoms in total. The second kappa shape index (κ2) is 10.2. The third kappa shape index (κ3) is 5.68. The second-order valence-corrected chi connectivity index (χ2v) is 9.15. The van der Waals surface area contributed by atoms with Crippen molar-refractivity contribution < 1.29 is 18.0 Å². The van der Waals surface area contributed by atoms with Crippen LogP contribution >= 0.6 is 11.6 Å². The van der Waals surface area contributed by atoms with Gasteiger partial charge in [-0.15, -0.1) is 0 Å². The van der Waals surface area contributed by atoms with E-state index in [1.165, 1.54) is 22.5 Å². The molecule has 1 aliphatic rings. The Bertz CT molecular complexity index is 803. The maximum atomic E-state index is 12.7. The number of carbonyl (C=O) groups is 2. The maximum absolute atomic E-state index is 12.7. The topological polar surface area (TPSA) is 95.6 Å². The van der Waals surface area contributed by atoms with Crippen LogP contribution in [0.2, 0.25) is 5.02 Å². The van der Waals surface area contributed by atoms with Gasteiger partial charge in [0.2, 0.25) is 21.8 Å². The molecule has 9 heteroatoms. The first-order valence-corrected chi connectivity index (χ1v) is 11.5. The minimum Gasteiger partial charge on any atom is -0.347 e. The molecule has 2 amide bonds. The zero-order valence-corrected chi connectivity index (χ0v) is 17.9. The summed E-state index contributed by atoms with van der Waals surface area (Å²) in [5.74, 6) is -0.545. The molecule has 0 saturated heterocycles. The molecule has 1 saturated carbocycles. The highest BCUT2D eigenvalue weighted by Gasteiger charge is 2.25. The molecule has 1 aromatic carbocycles. The Morgan fingerprint density at radius 1 is 1.14 bits per heavy atom. The maximum Gasteiger partial charge on any atom is 0.244 e. The van der Waals surface area contributed by atoms with Crippen LogP contribution in [0.5, 0.6) is 0 Å². The number of carbonyl (C=O) groups excluding carboxylic acids is 2. The molecule has 0 spiro atoms. The summed E-state index contributed by atoms with van der Waals surface area (Å²) < 4.78 is 26.7. The standard InChI is InChI=1S/C19H28ClN3O4S/c1-3-23(4-2)28(26,27)17-12-15(10-11-16(17)20)22-18(24)13-21-19(25)14-8-6-5-7-9-14/h10-12,14H,3-9,13H2,1-2H3,(H,21,25)(H,22,24). The van der Waals surface area contributed by atoms with Crippen LogP contribution in [0.15, 0.2) is 23.1 Å². The highest BCUT2D eigenvalue weighted by atomic mass is 35.5. The Labute approximate surface area is 171 Å². The van der Waals surface area contributed by atoms with Crippen molar-refractivity contribution in [1.82, 2.24) is 9.62 Å². The van der Waals surface area contributed by atoms with Crippen LogP contribution in [0, 0.1) is 5.92 Å². The van der Waals surface area contributed by atoms with Crippen molar-refractivity contribution in [2.75, 3.05) is 25.0 Å². The average molecular weight is 430 g/mol. The predicted octanol–water partition coefficient (Wildman–Crippen LogP) is 3.01. The van der Waals surface area contributed by atoms with Gasteiger partial charge in [0.25, 0.3) is 0 Å². The second-order valence-electron chi connectivity index (χ2n) is 6.84. The van der Waals surface area contributed by atoms with Crippen molar-refractivity contribution in [2.24, 2.45) is 5.92 Å². The number of benzene rings is 1. The van der Waals surface area contributed by atoms with Gasteiger partial charge in [0.15, 0.2) is 0 Å². The van der Waals surface area contributed by atoms with E-state index in [4.69, 9.17) is 11.6 Å². The van der Waals surface area contributed by atoms with Crippen LogP contribution in [0.1, 0.15) is 46.0 Å². The van der Waals surface area contributed by atoms with Crippen molar-refractivity contribution in [3.05, 3.63) is 23.2 Å². The molecule has 0 aliphatic heterocycles. The van der Waals surface area contributed by atoms with Gasteiger partial charge in [-0.1, -0.05) is 44.7 Å². The molecule has 1 aromatic rings.